The van der Waals surface area contributed by atoms with Crippen LogP contribution in [0.4, 0.5) is 0 Å². The summed E-state index contributed by atoms with van der Waals surface area (Å²) in [6.45, 7) is 4.66. The van der Waals surface area contributed by atoms with Gasteiger partial charge >= 0.3 is 0 Å². The van der Waals surface area contributed by atoms with E-state index < -0.39 is 0 Å². The van der Waals surface area contributed by atoms with Crippen LogP contribution in [-0.2, 0) is 0 Å². The highest BCUT2D eigenvalue weighted by molar-refractivity contribution is 9.10. The van der Waals surface area contributed by atoms with Gasteiger partial charge in [0.15, 0.2) is 5.78 Å². The fraction of sp³-hybridized carbons (Fsp3) is 0.562. The van der Waals surface area contributed by atoms with E-state index in [0.29, 0.717) is 18.5 Å². The molecule has 1 aliphatic heterocycles. The van der Waals surface area contributed by atoms with Crippen LogP contribution in [0.1, 0.15) is 17.3 Å². The van der Waals surface area contributed by atoms with E-state index in [-0.39, 0.29) is 5.78 Å². The Morgan fingerprint density at radius 2 is 2.14 bits per heavy atom. The summed E-state index contributed by atoms with van der Waals surface area (Å²) in [5.74, 6) is 1.49. The number of carbonyl (C=O) groups is 1. The van der Waals surface area contributed by atoms with Crippen molar-refractivity contribution in [3.63, 3.8) is 0 Å². The Bertz CT molecular complexity index is 519. The van der Waals surface area contributed by atoms with E-state index in [9.17, 15) is 4.79 Å². The molecule has 4 nitrogen and oxygen atoms in total. The van der Waals surface area contributed by atoms with E-state index in [1.807, 2.05) is 18.2 Å². The third-order valence-electron chi connectivity index (χ3n) is 4.15. The summed E-state index contributed by atoms with van der Waals surface area (Å²) in [6.07, 6.45) is 0. The van der Waals surface area contributed by atoms with Gasteiger partial charge < -0.3 is 9.64 Å². The number of methoxy groups -OCH3 is 1. The van der Waals surface area contributed by atoms with Gasteiger partial charge in [-0.2, -0.15) is 0 Å². The molecule has 0 aliphatic carbocycles. The Morgan fingerprint density at radius 3 is 2.67 bits per heavy atom. The number of likely N-dealkylation sites (N-methyl/N-ethyl adjacent to an activating group) is 1. The van der Waals surface area contributed by atoms with Gasteiger partial charge in [-0.25, -0.2) is 0 Å². The molecule has 1 heterocycles. The molecule has 2 unspecified atom stereocenters. The zero-order valence-electron chi connectivity index (χ0n) is 13.1. The van der Waals surface area contributed by atoms with Crippen molar-refractivity contribution in [3.05, 3.63) is 28.2 Å². The monoisotopic (exact) mass is 354 g/mol. The van der Waals surface area contributed by atoms with Crippen LogP contribution in [0, 0.1) is 5.92 Å². The highest BCUT2D eigenvalue weighted by Gasteiger charge is 2.31. The zero-order valence-corrected chi connectivity index (χ0v) is 14.7. The van der Waals surface area contributed by atoms with Crippen molar-refractivity contribution in [2.45, 2.75) is 13.0 Å². The van der Waals surface area contributed by atoms with E-state index in [2.05, 4.69) is 46.7 Å². The summed E-state index contributed by atoms with van der Waals surface area (Å²) in [4.78, 5) is 16.9. The standard InChI is InChI=1S/C16H23BrN2O2/c1-11-8-19(9-14(11)18(2)3)10-15(20)12-5-6-16(21-4)13(17)7-12/h5-7,11,14H,8-10H2,1-4H3. The van der Waals surface area contributed by atoms with Crippen LogP contribution in [0.5, 0.6) is 5.75 Å². The van der Waals surface area contributed by atoms with E-state index in [1.165, 1.54) is 0 Å². The third-order valence-corrected chi connectivity index (χ3v) is 4.77. The molecule has 0 saturated carbocycles. The number of rotatable bonds is 5. The summed E-state index contributed by atoms with van der Waals surface area (Å²) in [5, 5.41) is 0. The van der Waals surface area contributed by atoms with E-state index in [0.717, 1.165) is 28.9 Å². The molecule has 1 aliphatic rings. The molecule has 0 aromatic heterocycles. The van der Waals surface area contributed by atoms with Crippen LogP contribution in [0.2, 0.25) is 0 Å². The molecular weight excluding hydrogens is 332 g/mol. The van der Waals surface area contributed by atoms with Crippen molar-refractivity contribution in [3.8, 4) is 5.75 Å². The minimum Gasteiger partial charge on any atom is -0.496 e. The summed E-state index contributed by atoms with van der Waals surface area (Å²) in [7, 11) is 5.83. The van der Waals surface area contributed by atoms with E-state index >= 15 is 0 Å². The Kier molecular flexibility index (Phi) is 5.41. The average Bonchev–Trinajstić information content (AvgIpc) is 2.79. The normalized spacial score (nSPS) is 22.8. The van der Waals surface area contributed by atoms with Gasteiger partial charge in [0.2, 0.25) is 0 Å². The molecule has 1 fully saturated rings. The molecule has 0 bridgehead atoms. The van der Waals surface area contributed by atoms with Crippen LogP contribution in [0.25, 0.3) is 0 Å². The number of likely N-dealkylation sites (tertiary alicyclic amines) is 1. The van der Waals surface area contributed by atoms with Gasteiger partial charge in [-0.05, 0) is 54.1 Å². The Balaban J connectivity index is 2.01. The first-order valence-corrected chi connectivity index (χ1v) is 7.97. The zero-order chi connectivity index (χ0) is 15.6. The number of hydrogen-bond donors (Lipinski definition) is 0. The minimum atomic E-state index is 0.157. The molecule has 1 aromatic rings. The van der Waals surface area contributed by atoms with Crippen molar-refractivity contribution in [2.24, 2.45) is 5.92 Å². The maximum Gasteiger partial charge on any atom is 0.176 e. The highest BCUT2D eigenvalue weighted by Crippen LogP contribution is 2.26. The molecule has 116 valence electrons. The molecule has 21 heavy (non-hydrogen) atoms. The molecule has 1 aromatic carbocycles. The Labute approximate surface area is 135 Å². The molecule has 2 rings (SSSR count). The second-order valence-electron chi connectivity index (χ2n) is 5.97. The smallest absolute Gasteiger partial charge is 0.176 e. The number of Topliss-reactive ketones (excluding diaryl/α,β-unsaturated/α-hetero) is 1. The lowest BCUT2D eigenvalue weighted by atomic mass is 10.1. The van der Waals surface area contributed by atoms with Crippen molar-refractivity contribution in [2.75, 3.05) is 40.8 Å². The molecule has 2 atom stereocenters. The summed E-state index contributed by atoms with van der Waals surface area (Å²) < 4.78 is 6.01. The minimum absolute atomic E-state index is 0.157. The van der Waals surface area contributed by atoms with Crippen LogP contribution >= 0.6 is 15.9 Å². The molecular formula is C16H23BrN2O2. The number of halogens is 1. The topological polar surface area (TPSA) is 32.8 Å². The first-order valence-electron chi connectivity index (χ1n) is 7.18. The molecule has 1 saturated heterocycles. The molecule has 0 N–H and O–H groups in total. The molecule has 0 spiro atoms. The fourth-order valence-electron chi connectivity index (χ4n) is 2.98. The quantitative estimate of drug-likeness (QED) is 0.760. The second-order valence-corrected chi connectivity index (χ2v) is 6.83. The Hall–Kier alpha value is -0.910. The number of benzene rings is 1. The van der Waals surface area contributed by atoms with Crippen LogP contribution in [0.3, 0.4) is 0 Å². The first kappa shape index (κ1) is 16.5. The summed E-state index contributed by atoms with van der Waals surface area (Å²) >= 11 is 3.43. The van der Waals surface area contributed by atoms with Gasteiger partial charge in [0.25, 0.3) is 0 Å². The second kappa shape index (κ2) is 6.90. The van der Waals surface area contributed by atoms with Crippen LogP contribution in [0.15, 0.2) is 22.7 Å². The molecule has 5 heteroatoms. The van der Waals surface area contributed by atoms with Gasteiger partial charge in [0, 0.05) is 24.7 Å². The number of ketones is 1. The maximum absolute atomic E-state index is 12.4. The van der Waals surface area contributed by atoms with Gasteiger partial charge in [-0.1, -0.05) is 6.92 Å². The lowest BCUT2D eigenvalue weighted by molar-refractivity contribution is 0.0941. The third kappa shape index (κ3) is 3.84. The lowest BCUT2D eigenvalue weighted by Gasteiger charge is -2.22. The highest BCUT2D eigenvalue weighted by atomic mass is 79.9. The van der Waals surface area contributed by atoms with Gasteiger partial charge in [0.05, 0.1) is 18.1 Å². The average molecular weight is 355 g/mol. The van der Waals surface area contributed by atoms with Crippen LogP contribution in [-0.4, -0.2) is 62.5 Å². The molecule has 0 amide bonds. The van der Waals surface area contributed by atoms with Gasteiger partial charge in [0.1, 0.15) is 5.75 Å². The molecule has 0 radical (unpaired) electrons. The first-order chi connectivity index (χ1) is 9.92. The number of ether oxygens (including phenoxy) is 1. The number of carbonyl (C=O) groups excluding carboxylic acids is 1. The van der Waals surface area contributed by atoms with Gasteiger partial charge in [-0.3, -0.25) is 9.69 Å². The SMILES string of the molecule is COc1ccc(C(=O)CN2CC(C)C(N(C)C)C2)cc1Br. The fourth-order valence-corrected chi connectivity index (χ4v) is 3.52. The largest absolute Gasteiger partial charge is 0.496 e. The number of nitrogens with zero attached hydrogens (tertiary/aromatic N) is 2. The van der Waals surface area contributed by atoms with Gasteiger partial charge in [-0.15, -0.1) is 0 Å². The summed E-state index contributed by atoms with van der Waals surface area (Å²) in [5.41, 5.74) is 0.726. The predicted octanol–water partition coefficient (Wildman–Crippen LogP) is 2.52. The van der Waals surface area contributed by atoms with Crippen molar-refractivity contribution in [1.29, 1.82) is 0 Å². The lowest BCUT2D eigenvalue weighted by Crippen LogP contribution is -2.35. The van der Waals surface area contributed by atoms with E-state index in [4.69, 9.17) is 4.74 Å². The maximum atomic E-state index is 12.4. The van der Waals surface area contributed by atoms with Crippen LogP contribution < -0.4 is 4.74 Å². The summed E-state index contributed by atoms with van der Waals surface area (Å²) in [6, 6.07) is 6.02. The van der Waals surface area contributed by atoms with Crippen molar-refractivity contribution >= 4 is 21.7 Å². The van der Waals surface area contributed by atoms with Crippen molar-refractivity contribution in [1.82, 2.24) is 9.80 Å². The van der Waals surface area contributed by atoms with E-state index in [1.54, 1.807) is 7.11 Å². The number of hydrogen-bond acceptors (Lipinski definition) is 4. The van der Waals surface area contributed by atoms with Crippen molar-refractivity contribution < 1.29 is 9.53 Å². The Morgan fingerprint density at radius 1 is 1.43 bits per heavy atom. The predicted molar refractivity (Wildman–Crippen MR) is 88.1 cm³/mol.